The molecule has 3 aromatic heterocycles. The number of amides is 1. The number of piperazine rings is 1. The summed E-state index contributed by atoms with van der Waals surface area (Å²) in [6.07, 6.45) is 7.48. The van der Waals surface area contributed by atoms with Gasteiger partial charge in [0.15, 0.2) is 11.6 Å². The molecule has 2 saturated heterocycles. The standard InChI is InChI=1S/C51H54ClFN10O6S/c1-50(2)47(51(3,4)48(50)68-34-12-10-30(24-54)39(52)23-34)58-45(64)31-25-56-49(57-26-31)62-20-18-61(19-21-62)33-27-63(28-33)40-8-7-9-42(43(40)53)69-41-15-11-32(60(6)70(66,67)35-13-14-35)22-37(41)38-29-59(5)46(65)44-36(38)16-17-55-44/h7-12,15-17,22-23,25-26,29,33,35,47-48,55H,13-14,18-21,27-28H2,1-6H3,(H,58,64). The van der Waals surface area contributed by atoms with E-state index in [-0.39, 0.29) is 35.4 Å². The number of nitrogens with one attached hydrogen (secondary N) is 2. The van der Waals surface area contributed by atoms with Crippen molar-refractivity contribution in [3.05, 3.63) is 118 Å². The number of benzene rings is 3. The molecule has 4 fully saturated rings. The first-order valence-corrected chi connectivity index (χ1v) is 25.2. The summed E-state index contributed by atoms with van der Waals surface area (Å²) in [6, 6.07) is 18.9. The maximum absolute atomic E-state index is 16.5. The fourth-order valence-corrected chi connectivity index (χ4v) is 12.6. The number of fused-ring (bicyclic) bond motifs is 1. The number of aromatic nitrogens is 4. The summed E-state index contributed by atoms with van der Waals surface area (Å²) in [7, 11) is -0.399. The lowest BCUT2D eigenvalue weighted by Gasteiger charge is -2.63. The molecule has 364 valence electrons. The average Bonchev–Trinajstić information content (AvgIpc) is 4.09. The molecule has 1 amide bonds. The van der Waals surface area contributed by atoms with Crippen LogP contribution in [0.5, 0.6) is 17.2 Å². The second-order valence-electron chi connectivity index (χ2n) is 20.0. The minimum atomic E-state index is -3.57. The smallest absolute Gasteiger partial charge is 0.274 e. The Morgan fingerprint density at radius 2 is 1.67 bits per heavy atom. The van der Waals surface area contributed by atoms with Gasteiger partial charge in [0.25, 0.3) is 11.5 Å². The molecule has 6 aromatic rings. The topological polar surface area (TPSA) is 182 Å². The predicted molar refractivity (Wildman–Crippen MR) is 267 cm³/mol. The Hall–Kier alpha value is -6.68. The number of nitrogens with zero attached hydrogens (tertiary/aromatic N) is 8. The third-order valence-corrected chi connectivity index (χ3v) is 17.2. The van der Waals surface area contributed by atoms with Crippen LogP contribution in [0, 0.1) is 28.0 Å². The van der Waals surface area contributed by atoms with Crippen LogP contribution in [0.2, 0.25) is 5.02 Å². The van der Waals surface area contributed by atoms with Gasteiger partial charge >= 0.3 is 0 Å². The molecule has 16 nitrogen and oxygen atoms in total. The molecule has 3 aromatic carbocycles. The summed E-state index contributed by atoms with van der Waals surface area (Å²) in [5.74, 6) is 0.645. The highest BCUT2D eigenvalue weighted by atomic mass is 35.5. The molecule has 0 radical (unpaired) electrons. The number of carbonyl (C=O) groups excluding carboxylic acids is 1. The van der Waals surface area contributed by atoms with E-state index in [2.05, 4.69) is 63.8 Å². The lowest BCUT2D eigenvalue weighted by atomic mass is 9.49. The summed E-state index contributed by atoms with van der Waals surface area (Å²) in [5.41, 5.74) is 2.02. The zero-order chi connectivity index (χ0) is 49.4. The van der Waals surface area contributed by atoms with Crippen molar-refractivity contribution in [3.63, 3.8) is 0 Å². The second kappa shape index (κ2) is 17.6. The number of pyridine rings is 1. The van der Waals surface area contributed by atoms with E-state index in [0.29, 0.717) is 106 Å². The van der Waals surface area contributed by atoms with Crippen LogP contribution in [0.15, 0.2) is 90.2 Å². The van der Waals surface area contributed by atoms with Crippen molar-refractivity contribution < 1.29 is 27.1 Å². The number of rotatable bonds is 13. The van der Waals surface area contributed by atoms with Crippen LogP contribution < -0.4 is 34.5 Å². The number of carbonyl (C=O) groups is 1. The van der Waals surface area contributed by atoms with Gasteiger partial charge in [0.1, 0.15) is 29.2 Å². The van der Waals surface area contributed by atoms with E-state index in [9.17, 15) is 23.3 Å². The largest absolute Gasteiger partial charge is 0.489 e. The monoisotopic (exact) mass is 988 g/mol. The number of aromatic amines is 1. The molecule has 0 spiro atoms. The van der Waals surface area contributed by atoms with Crippen LogP contribution in [-0.4, -0.2) is 108 Å². The first-order valence-electron chi connectivity index (χ1n) is 23.3. The molecule has 2 saturated carbocycles. The molecule has 10 rings (SSSR count). The normalized spacial score (nSPS) is 20.0. The van der Waals surface area contributed by atoms with Crippen LogP contribution in [-0.2, 0) is 17.1 Å². The number of aryl methyl sites for hydroxylation is 1. The Morgan fingerprint density at radius 3 is 2.34 bits per heavy atom. The van der Waals surface area contributed by atoms with Crippen LogP contribution in [0.25, 0.3) is 22.0 Å². The highest BCUT2D eigenvalue weighted by molar-refractivity contribution is 7.93. The molecular formula is C51H54ClFN10O6S. The van der Waals surface area contributed by atoms with Gasteiger partial charge in [0, 0.05) is 124 Å². The Labute approximate surface area is 410 Å². The number of halogens is 2. The maximum atomic E-state index is 16.5. The van der Waals surface area contributed by atoms with Gasteiger partial charge in [-0.25, -0.2) is 22.8 Å². The molecule has 0 bridgehead atoms. The lowest BCUT2D eigenvalue weighted by Crippen LogP contribution is -2.74. The highest BCUT2D eigenvalue weighted by Crippen LogP contribution is 2.56. The van der Waals surface area contributed by atoms with Gasteiger partial charge in [0.05, 0.1) is 32.8 Å². The van der Waals surface area contributed by atoms with E-state index < -0.39 is 31.9 Å². The summed E-state index contributed by atoms with van der Waals surface area (Å²) >= 11 is 6.26. The molecule has 4 aliphatic rings. The molecular weight excluding hydrogens is 935 g/mol. The quantitative estimate of drug-likeness (QED) is 0.118. The fraction of sp³-hybridized carbons (Fsp3) is 0.392. The Balaban J connectivity index is 0.760. The number of sulfonamides is 1. The number of H-pyrrole nitrogens is 1. The van der Waals surface area contributed by atoms with E-state index in [1.807, 2.05) is 4.90 Å². The van der Waals surface area contributed by atoms with Gasteiger partial charge in [0.2, 0.25) is 16.0 Å². The van der Waals surface area contributed by atoms with Gasteiger partial charge in [-0.1, -0.05) is 45.4 Å². The number of ether oxygens (including phenoxy) is 2. The van der Waals surface area contributed by atoms with Crippen molar-refractivity contribution in [2.24, 2.45) is 17.9 Å². The summed E-state index contributed by atoms with van der Waals surface area (Å²) in [5, 5.41) is 13.0. The summed E-state index contributed by atoms with van der Waals surface area (Å²) < 4.78 is 58.6. The minimum Gasteiger partial charge on any atom is -0.489 e. The van der Waals surface area contributed by atoms with E-state index >= 15 is 4.39 Å². The van der Waals surface area contributed by atoms with Gasteiger partial charge in [-0.3, -0.25) is 18.8 Å². The molecule has 0 atom stereocenters. The van der Waals surface area contributed by atoms with E-state index in [0.717, 1.165) is 13.1 Å². The van der Waals surface area contributed by atoms with Crippen molar-refractivity contribution in [3.8, 4) is 34.4 Å². The van der Waals surface area contributed by atoms with Crippen molar-refractivity contribution in [2.75, 3.05) is 60.4 Å². The molecule has 70 heavy (non-hydrogen) atoms. The SMILES string of the molecule is CN(c1ccc(Oc2cccc(N3CC(N4CCN(c5ncc(C(=O)NC6C(C)(C)C(Oc7ccc(C#N)c(Cl)c7)C6(C)C)cn5)CC4)C3)c2F)c(-c2cn(C)c(=O)c3[nH]ccc23)c1)S(=O)(=O)C1CC1. The van der Waals surface area contributed by atoms with Crippen LogP contribution in [0.1, 0.15) is 56.5 Å². The third kappa shape index (κ3) is 8.26. The molecule has 0 unspecified atom stereocenters. The van der Waals surface area contributed by atoms with Crippen molar-refractivity contribution >= 4 is 55.8 Å². The van der Waals surface area contributed by atoms with Crippen LogP contribution in [0.4, 0.5) is 21.7 Å². The average molecular weight is 990 g/mol. The highest BCUT2D eigenvalue weighted by Gasteiger charge is 2.64. The van der Waals surface area contributed by atoms with Crippen molar-refractivity contribution in [1.29, 1.82) is 5.26 Å². The molecule has 2 N–H and O–H groups in total. The zero-order valence-electron chi connectivity index (χ0n) is 39.7. The zero-order valence-corrected chi connectivity index (χ0v) is 41.3. The van der Waals surface area contributed by atoms with E-state index in [4.69, 9.17) is 21.1 Å². The first kappa shape index (κ1) is 47.0. The number of hydrogen-bond donors (Lipinski definition) is 2. The third-order valence-electron chi connectivity index (χ3n) is 14.6. The maximum Gasteiger partial charge on any atom is 0.274 e. The molecule has 5 heterocycles. The number of hydrogen-bond acceptors (Lipinski definition) is 12. The first-order chi connectivity index (χ1) is 33.4. The fourth-order valence-electron chi connectivity index (χ4n) is 10.8. The molecule has 19 heteroatoms. The van der Waals surface area contributed by atoms with Gasteiger partial charge in [-0.15, -0.1) is 0 Å². The molecule has 2 aliphatic carbocycles. The second-order valence-corrected chi connectivity index (χ2v) is 22.6. The number of nitriles is 1. The summed E-state index contributed by atoms with van der Waals surface area (Å²) in [6.45, 7) is 12.3. The van der Waals surface area contributed by atoms with Crippen LogP contribution >= 0.6 is 11.6 Å². The lowest BCUT2D eigenvalue weighted by molar-refractivity contribution is -0.164. The number of anilines is 3. The van der Waals surface area contributed by atoms with Gasteiger partial charge < -0.3 is 34.1 Å². The Morgan fingerprint density at radius 1 is 0.957 bits per heavy atom. The van der Waals surface area contributed by atoms with Crippen molar-refractivity contribution in [1.82, 2.24) is 29.7 Å². The Kier molecular flexibility index (Phi) is 11.8. The van der Waals surface area contributed by atoms with E-state index in [1.54, 1.807) is 92.5 Å². The minimum absolute atomic E-state index is 0.0160. The van der Waals surface area contributed by atoms with Gasteiger partial charge in [-0.2, -0.15) is 5.26 Å². The summed E-state index contributed by atoms with van der Waals surface area (Å²) in [4.78, 5) is 45.2. The molecule has 2 aliphatic heterocycles. The van der Waals surface area contributed by atoms with E-state index in [1.165, 1.54) is 15.9 Å². The van der Waals surface area contributed by atoms with Gasteiger partial charge in [-0.05, 0) is 61.4 Å². The van der Waals surface area contributed by atoms with Crippen LogP contribution in [0.3, 0.4) is 0 Å². The Bertz CT molecular complexity index is 3230. The predicted octanol–water partition coefficient (Wildman–Crippen LogP) is 7.33. The van der Waals surface area contributed by atoms with Crippen molar-refractivity contribution in [2.45, 2.75) is 64.0 Å².